The molecule has 2 heterocycles. The first-order chi connectivity index (χ1) is 8.15. The van der Waals surface area contributed by atoms with Crippen LogP contribution in [0.15, 0.2) is 10.2 Å². The van der Waals surface area contributed by atoms with Gasteiger partial charge in [-0.2, -0.15) is 0 Å². The molecule has 96 valence electrons. The molecule has 1 fully saturated rings. The summed E-state index contributed by atoms with van der Waals surface area (Å²) in [5.41, 5.74) is 1.01. The molecule has 5 heteroatoms. The minimum absolute atomic E-state index is 0.0384. The van der Waals surface area contributed by atoms with Gasteiger partial charge in [-0.1, -0.05) is 11.3 Å². The average molecular weight is 255 g/mol. The second kappa shape index (κ2) is 5.80. The summed E-state index contributed by atoms with van der Waals surface area (Å²) in [6.45, 7) is 7.64. The predicted octanol–water partition coefficient (Wildman–Crippen LogP) is 1.40. The summed E-state index contributed by atoms with van der Waals surface area (Å²) in [7, 11) is 0. The number of H-pyrrole nitrogens is 1. The zero-order valence-corrected chi connectivity index (χ0v) is 11.3. The van der Waals surface area contributed by atoms with E-state index in [1.165, 1.54) is 37.3 Å². The number of hydrogen-bond acceptors (Lipinski definition) is 4. The fourth-order valence-electron chi connectivity index (χ4n) is 2.27. The van der Waals surface area contributed by atoms with Crippen LogP contribution in [-0.2, 0) is 6.54 Å². The second-order valence-electron chi connectivity index (χ2n) is 4.96. The van der Waals surface area contributed by atoms with Gasteiger partial charge in [0.05, 0.1) is 0 Å². The van der Waals surface area contributed by atoms with Crippen LogP contribution in [0, 0.1) is 0 Å². The van der Waals surface area contributed by atoms with Crippen LogP contribution in [0.5, 0.6) is 0 Å². The van der Waals surface area contributed by atoms with Crippen molar-refractivity contribution in [3.63, 3.8) is 0 Å². The Labute approximate surface area is 106 Å². The molecule has 0 radical (unpaired) electrons. The fourth-order valence-corrected chi connectivity index (χ4v) is 2.86. The molecule has 0 saturated carbocycles. The Morgan fingerprint density at radius 1 is 1.53 bits per heavy atom. The van der Waals surface area contributed by atoms with Gasteiger partial charge < -0.3 is 15.2 Å². The zero-order chi connectivity index (χ0) is 12.3. The highest BCUT2D eigenvalue weighted by Crippen LogP contribution is 2.13. The number of thiazole rings is 1. The first kappa shape index (κ1) is 12.8. The molecule has 1 aliphatic rings. The van der Waals surface area contributed by atoms with Crippen LogP contribution in [0.25, 0.3) is 0 Å². The highest BCUT2D eigenvalue weighted by molar-refractivity contribution is 7.07. The molecule has 17 heavy (non-hydrogen) atoms. The van der Waals surface area contributed by atoms with Gasteiger partial charge in [-0.15, -0.1) is 0 Å². The molecule has 2 N–H and O–H groups in total. The minimum Gasteiger partial charge on any atom is -0.315 e. The largest absolute Gasteiger partial charge is 0.315 e. The van der Waals surface area contributed by atoms with Gasteiger partial charge in [0.15, 0.2) is 0 Å². The summed E-state index contributed by atoms with van der Waals surface area (Å²) in [5, 5.41) is 5.42. The molecule has 0 atom stereocenters. The van der Waals surface area contributed by atoms with Crippen molar-refractivity contribution in [1.82, 2.24) is 15.2 Å². The average Bonchev–Trinajstić information content (AvgIpc) is 2.73. The standard InChI is InChI=1S/C12H21N3OS/c1-9(2)15-5-3-10(4-6-15)13-7-11-8-17-12(16)14-11/h8-10,13H,3-7H2,1-2H3,(H,14,16). The Balaban J connectivity index is 1.73. The van der Waals surface area contributed by atoms with Crippen molar-refractivity contribution < 1.29 is 0 Å². The van der Waals surface area contributed by atoms with Gasteiger partial charge in [0.2, 0.25) is 0 Å². The smallest absolute Gasteiger partial charge is 0.304 e. The first-order valence-electron chi connectivity index (χ1n) is 6.29. The molecule has 0 amide bonds. The number of piperidine rings is 1. The Kier molecular flexibility index (Phi) is 4.36. The number of aromatic nitrogens is 1. The van der Waals surface area contributed by atoms with E-state index in [2.05, 4.69) is 29.0 Å². The van der Waals surface area contributed by atoms with Gasteiger partial charge in [-0.3, -0.25) is 4.79 Å². The normalized spacial score (nSPS) is 19.0. The Bertz CT molecular complexity index is 390. The van der Waals surface area contributed by atoms with Crippen LogP contribution in [0.2, 0.25) is 0 Å². The van der Waals surface area contributed by atoms with E-state index in [9.17, 15) is 4.79 Å². The second-order valence-corrected chi connectivity index (χ2v) is 5.80. The molecule has 1 saturated heterocycles. The Morgan fingerprint density at radius 2 is 2.24 bits per heavy atom. The predicted molar refractivity (Wildman–Crippen MR) is 71.5 cm³/mol. The Morgan fingerprint density at radius 3 is 2.76 bits per heavy atom. The van der Waals surface area contributed by atoms with Gasteiger partial charge >= 0.3 is 4.87 Å². The molecular formula is C12H21N3OS. The van der Waals surface area contributed by atoms with E-state index in [1.54, 1.807) is 0 Å². The van der Waals surface area contributed by atoms with Crippen molar-refractivity contribution in [2.24, 2.45) is 0 Å². The molecule has 1 aromatic heterocycles. The van der Waals surface area contributed by atoms with Gasteiger partial charge in [0.25, 0.3) is 0 Å². The molecule has 1 aliphatic heterocycles. The van der Waals surface area contributed by atoms with Crippen molar-refractivity contribution in [3.8, 4) is 0 Å². The highest BCUT2D eigenvalue weighted by atomic mass is 32.1. The zero-order valence-electron chi connectivity index (χ0n) is 10.5. The summed E-state index contributed by atoms with van der Waals surface area (Å²) in [6.07, 6.45) is 2.40. The lowest BCUT2D eigenvalue weighted by Gasteiger charge is -2.34. The summed E-state index contributed by atoms with van der Waals surface area (Å²) >= 11 is 1.24. The number of likely N-dealkylation sites (tertiary alicyclic amines) is 1. The van der Waals surface area contributed by atoms with Crippen molar-refractivity contribution in [2.45, 2.75) is 45.3 Å². The maximum Gasteiger partial charge on any atom is 0.304 e. The van der Waals surface area contributed by atoms with E-state index >= 15 is 0 Å². The van der Waals surface area contributed by atoms with E-state index in [-0.39, 0.29) is 4.87 Å². The van der Waals surface area contributed by atoms with Crippen molar-refractivity contribution in [1.29, 1.82) is 0 Å². The number of nitrogens with zero attached hydrogens (tertiary/aromatic N) is 1. The maximum atomic E-state index is 11.0. The summed E-state index contributed by atoms with van der Waals surface area (Å²) in [6, 6.07) is 1.25. The number of aromatic amines is 1. The van der Waals surface area contributed by atoms with Crippen molar-refractivity contribution in [2.75, 3.05) is 13.1 Å². The third-order valence-electron chi connectivity index (χ3n) is 3.41. The van der Waals surface area contributed by atoms with E-state index in [0.29, 0.717) is 12.1 Å². The van der Waals surface area contributed by atoms with Crippen LogP contribution in [-0.4, -0.2) is 35.1 Å². The molecule has 0 aromatic carbocycles. The third kappa shape index (κ3) is 3.66. The van der Waals surface area contributed by atoms with Crippen molar-refractivity contribution in [3.05, 3.63) is 20.7 Å². The lowest BCUT2D eigenvalue weighted by Crippen LogP contribution is -2.44. The van der Waals surface area contributed by atoms with Crippen LogP contribution >= 0.6 is 11.3 Å². The lowest BCUT2D eigenvalue weighted by molar-refractivity contribution is 0.160. The van der Waals surface area contributed by atoms with Gasteiger partial charge in [-0.05, 0) is 39.8 Å². The molecule has 0 aliphatic carbocycles. The quantitative estimate of drug-likeness (QED) is 0.855. The topological polar surface area (TPSA) is 48.1 Å². The van der Waals surface area contributed by atoms with Crippen LogP contribution in [0.4, 0.5) is 0 Å². The summed E-state index contributed by atoms with van der Waals surface area (Å²) in [4.78, 5) is 16.4. The van der Waals surface area contributed by atoms with E-state index in [0.717, 1.165) is 12.2 Å². The molecule has 0 spiro atoms. The number of nitrogens with one attached hydrogen (secondary N) is 2. The Hall–Kier alpha value is -0.650. The first-order valence-corrected chi connectivity index (χ1v) is 7.17. The summed E-state index contributed by atoms with van der Waals surface area (Å²) in [5.74, 6) is 0. The molecule has 0 unspecified atom stereocenters. The monoisotopic (exact) mass is 255 g/mol. The lowest BCUT2D eigenvalue weighted by atomic mass is 10.0. The van der Waals surface area contributed by atoms with Crippen LogP contribution in [0.3, 0.4) is 0 Å². The molecular weight excluding hydrogens is 234 g/mol. The molecule has 2 rings (SSSR count). The summed E-state index contributed by atoms with van der Waals surface area (Å²) < 4.78 is 0. The maximum absolute atomic E-state index is 11.0. The molecule has 0 bridgehead atoms. The van der Waals surface area contributed by atoms with Crippen molar-refractivity contribution >= 4 is 11.3 Å². The van der Waals surface area contributed by atoms with E-state index in [4.69, 9.17) is 0 Å². The van der Waals surface area contributed by atoms with Crippen LogP contribution in [0.1, 0.15) is 32.4 Å². The molecule has 1 aromatic rings. The van der Waals surface area contributed by atoms with Gasteiger partial charge in [0.1, 0.15) is 0 Å². The molecule has 4 nitrogen and oxygen atoms in total. The van der Waals surface area contributed by atoms with Crippen LogP contribution < -0.4 is 10.2 Å². The number of hydrogen-bond donors (Lipinski definition) is 2. The van der Waals surface area contributed by atoms with E-state index < -0.39 is 0 Å². The highest BCUT2D eigenvalue weighted by Gasteiger charge is 2.20. The number of rotatable bonds is 4. The SMILES string of the molecule is CC(C)N1CCC(NCc2csc(=O)[nH]2)CC1. The third-order valence-corrected chi connectivity index (χ3v) is 4.13. The fraction of sp³-hybridized carbons (Fsp3) is 0.750. The van der Waals surface area contributed by atoms with Gasteiger partial charge in [-0.25, -0.2) is 0 Å². The van der Waals surface area contributed by atoms with E-state index in [1.807, 2.05) is 5.38 Å². The minimum atomic E-state index is 0.0384. The van der Waals surface area contributed by atoms with Gasteiger partial charge in [0, 0.05) is 29.7 Å².